The van der Waals surface area contributed by atoms with E-state index in [1.807, 2.05) is 12.3 Å². The SMILES string of the molecule is CCCNC(Cc1ccc(C)cn1)c1cc(Cl)ccc1C. The van der Waals surface area contributed by atoms with E-state index in [4.69, 9.17) is 11.6 Å². The van der Waals surface area contributed by atoms with E-state index in [1.54, 1.807) is 0 Å². The summed E-state index contributed by atoms with van der Waals surface area (Å²) in [7, 11) is 0. The molecule has 0 amide bonds. The topological polar surface area (TPSA) is 24.9 Å². The number of rotatable bonds is 6. The number of pyridine rings is 1. The maximum atomic E-state index is 6.18. The predicted octanol–water partition coefficient (Wildman–Crippen LogP) is 4.64. The van der Waals surface area contributed by atoms with Crippen LogP contribution in [0.3, 0.4) is 0 Å². The van der Waals surface area contributed by atoms with Gasteiger partial charge in [-0.3, -0.25) is 4.98 Å². The molecule has 2 nitrogen and oxygen atoms in total. The molecule has 0 bridgehead atoms. The number of aryl methyl sites for hydroxylation is 2. The summed E-state index contributed by atoms with van der Waals surface area (Å²) in [5.41, 5.74) is 4.82. The van der Waals surface area contributed by atoms with Crippen LogP contribution < -0.4 is 5.32 Å². The third-order valence-electron chi connectivity index (χ3n) is 3.64. The fourth-order valence-corrected chi connectivity index (χ4v) is 2.61. The highest BCUT2D eigenvalue weighted by Gasteiger charge is 2.15. The lowest BCUT2D eigenvalue weighted by molar-refractivity contribution is 0.522. The first-order chi connectivity index (χ1) is 10.1. The molecule has 1 aromatic carbocycles. The quantitative estimate of drug-likeness (QED) is 0.841. The van der Waals surface area contributed by atoms with Crippen LogP contribution in [0.25, 0.3) is 0 Å². The highest BCUT2D eigenvalue weighted by molar-refractivity contribution is 6.30. The lowest BCUT2D eigenvalue weighted by atomic mass is 9.97. The highest BCUT2D eigenvalue weighted by Crippen LogP contribution is 2.24. The van der Waals surface area contributed by atoms with Crippen LogP contribution in [0.2, 0.25) is 5.02 Å². The van der Waals surface area contributed by atoms with Crippen molar-refractivity contribution in [2.45, 2.75) is 39.7 Å². The molecule has 1 aromatic heterocycles. The average molecular weight is 303 g/mol. The minimum absolute atomic E-state index is 0.249. The van der Waals surface area contributed by atoms with Crippen molar-refractivity contribution in [3.8, 4) is 0 Å². The van der Waals surface area contributed by atoms with E-state index < -0.39 is 0 Å². The number of nitrogens with one attached hydrogen (secondary N) is 1. The van der Waals surface area contributed by atoms with E-state index in [2.05, 4.69) is 55.3 Å². The van der Waals surface area contributed by atoms with Gasteiger partial charge in [-0.15, -0.1) is 0 Å². The lowest BCUT2D eigenvalue weighted by Crippen LogP contribution is -2.25. The summed E-state index contributed by atoms with van der Waals surface area (Å²) in [6.45, 7) is 7.36. The Hall–Kier alpha value is -1.38. The molecule has 0 radical (unpaired) electrons. The van der Waals surface area contributed by atoms with E-state index >= 15 is 0 Å². The average Bonchev–Trinajstić information content (AvgIpc) is 2.48. The van der Waals surface area contributed by atoms with Crippen molar-refractivity contribution in [1.82, 2.24) is 10.3 Å². The van der Waals surface area contributed by atoms with Crippen LogP contribution in [0.5, 0.6) is 0 Å². The Balaban J connectivity index is 2.25. The number of benzene rings is 1. The molecule has 0 saturated heterocycles. The van der Waals surface area contributed by atoms with Gasteiger partial charge in [0, 0.05) is 29.4 Å². The molecule has 1 atom stereocenters. The monoisotopic (exact) mass is 302 g/mol. The van der Waals surface area contributed by atoms with E-state index in [9.17, 15) is 0 Å². The summed E-state index contributed by atoms with van der Waals surface area (Å²) in [5.74, 6) is 0. The molecule has 112 valence electrons. The van der Waals surface area contributed by atoms with Gasteiger partial charge in [-0.2, -0.15) is 0 Å². The van der Waals surface area contributed by atoms with E-state index in [0.29, 0.717) is 0 Å². The van der Waals surface area contributed by atoms with Gasteiger partial charge in [0.15, 0.2) is 0 Å². The zero-order valence-corrected chi connectivity index (χ0v) is 13.7. The van der Waals surface area contributed by atoms with Crippen LogP contribution in [0.1, 0.15) is 41.8 Å². The van der Waals surface area contributed by atoms with Gasteiger partial charge in [0.1, 0.15) is 0 Å². The lowest BCUT2D eigenvalue weighted by Gasteiger charge is -2.21. The Morgan fingerprint density at radius 1 is 1.19 bits per heavy atom. The van der Waals surface area contributed by atoms with Gasteiger partial charge in [-0.25, -0.2) is 0 Å². The van der Waals surface area contributed by atoms with Crippen LogP contribution >= 0.6 is 11.6 Å². The van der Waals surface area contributed by atoms with Crippen molar-refractivity contribution in [2.75, 3.05) is 6.54 Å². The molecule has 0 aliphatic rings. The minimum atomic E-state index is 0.249. The third kappa shape index (κ3) is 4.55. The van der Waals surface area contributed by atoms with Crippen molar-refractivity contribution < 1.29 is 0 Å². The first-order valence-corrected chi connectivity index (χ1v) is 7.89. The van der Waals surface area contributed by atoms with Gasteiger partial charge < -0.3 is 5.32 Å². The van der Waals surface area contributed by atoms with E-state index in [1.165, 1.54) is 16.7 Å². The smallest absolute Gasteiger partial charge is 0.0422 e. The number of hydrogen-bond acceptors (Lipinski definition) is 2. The van der Waals surface area contributed by atoms with Crippen molar-refractivity contribution in [1.29, 1.82) is 0 Å². The standard InChI is InChI=1S/C18H23ClN2/c1-4-9-20-18(11-16-8-5-13(2)12-21-16)17-10-15(19)7-6-14(17)3/h5-8,10,12,18,20H,4,9,11H2,1-3H3. The number of hydrogen-bond donors (Lipinski definition) is 1. The highest BCUT2D eigenvalue weighted by atomic mass is 35.5. The third-order valence-corrected chi connectivity index (χ3v) is 3.88. The maximum Gasteiger partial charge on any atom is 0.0422 e. The molecule has 1 N–H and O–H groups in total. The molecular formula is C18H23ClN2. The van der Waals surface area contributed by atoms with Gasteiger partial charge in [0.05, 0.1) is 0 Å². The molecule has 2 aromatic rings. The fourth-order valence-electron chi connectivity index (χ4n) is 2.43. The van der Waals surface area contributed by atoms with Gasteiger partial charge >= 0.3 is 0 Å². The predicted molar refractivity (Wildman–Crippen MR) is 89.9 cm³/mol. The van der Waals surface area contributed by atoms with Crippen LogP contribution in [0, 0.1) is 13.8 Å². The van der Waals surface area contributed by atoms with Gasteiger partial charge in [0.2, 0.25) is 0 Å². The fraction of sp³-hybridized carbons (Fsp3) is 0.389. The molecule has 21 heavy (non-hydrogen) atoms. The summed E-state index contributed by atoms with van der Waals surface area (Å²) in [6, 6.07) is 10.6. The molecule has 0 aliphatic carbocycles. The van der Waals surface area contributed by atoms with Crippen molar-refractivity contribution >= 4 is 11.6 Å². The molecule has 0 spiro atoms. The molecule has 0 saturated carbocycles. The number of nitrogens with zero attached hydrogens (tertiary/aromatic N) is 1. The number of aromatic nitrogens is 1. The van der Waals surface area contributed by atoms with Gasteiger partial charge in [-0.05, 0) is 61.7 Å². The second-order valence-electron chi connectivity index (χ2n) is 5.54. The van der Waals surface area contributed by atoms with E-state index in [0.717, 1.165) is 30.1 Å². The minimum Gasteiger partial charge on any atom is -0.310 e. The second-order valence-corrected chi connectivity index (χ2v) is 5.98. The summed E-state index contributed by atoms with van der Waals surface area (Å²) in [5, 5.41) is 4.41. The zero-order chi connectivity index (χ0) is 15.2. The van der Waals surface area contributed by atoms with Crippen molar-refractivity contribution in [3.05, 3.63) is 63.9 Å². The van der Waals surface area contributed by atoms with Crippen molar-refractivity contribution in [3.63, 3.8) is 0 Å². The Bertz CT molecular complexity index is 578. The Labute approximate surface area is 132 Å². The summed E-state index contributed by atoms with van der Waals surface area (Å²) in [6.07, 6.45) is 3.91. The summed E-state index contributed by atoms with van der Waals surface area (Å²) in [4.78, 5) is 4.53. The summed E-state index contributed by atoms with van der Waals surface area (Å²) < 4.78 is 0. The first kappa shape index (κ1) is 16.0. The largest absolute Gasteiger partial charge is 0.310 e. The Morgan fingerprint density at radius 3 is 2.67 bits per heavy atom. The first-order valence-electron chi connectivity index (χ1n) is 7.51. The van der Waals surface area contributed by atoms with Gasteiger partial charge in [0.25, 0.3) is 0 Å². The van der Waals surface area contributed by atoms with Crippen LogP contribution in [-0.4, -0.2) is 11.5 Å². The van der Waals surface area contributed by atoms with Crippen LogP contribution in [0.4, 0.5) is 0 Å². The molecular weight excluding hydrogens is 280 g/mol. The van der Waals surface area contributed by atoms with E-state index in [-0.39, 0.29) is 6.04 Å². The molecule has 1 heterocycles. The zero-order valence-electron chi connectivity index (χ0n) is 13.0. The van der Waals surface area contributed by atoms with Crippen LogP contribution in [0.15, 0.2) is 36.5 Å². The molecule has 0 aliphatic heterocycles. The van der Waals surface area contributed by atoms with Crippen molar-refractivity contribution in [2.24, 2.45) is 0 Å². The second kappa shape index (κ2) is 7.58. The van der Waals surface area contributed by atoms with Gasteiger partial charge in [-0.1, -0.05) is 30.7 Å². The molecule has 1 unspecified atom stereocenters. The molecule has 0 fully saturated rings. The molecule has 2 rings (SSSR count). The number of halogens is 1. The Morgan fingerprint density at radius 2 is 2.00 bits per heavy atom. The van der Waals surface area contributed by atoms with Crippen LogP contribution in [-0.2, 0) is 6.42 Å². The molecule has 3 heteroatoms. The normalized spacial score (nSPS) is 12.4. The Kier molecular flexibility index (Phi) is 5.77. The summed E-state index contributed by atoms with van der Waals surface area (Å²) >= 11 is 6.18. The maximum absolute atomic E-state index is 6.18.